The molecule has 9 heteroatoms. The van der Waals surface area contributed by atoms with Crippen LogP contribution in [0.4, 0.5) is 8.78 Å². The van der Waals surface area contributed by atoms with E-state index in [2.05, 4.69) is 4.98 Å². The number of benzene rings is 2. The van der Waals surface area contributed by atoms with Crippen LogP contribution >= 0.6 is 11.8 Å². The van der Waals surface area contributed by atoms with Crippen molar-refractivity contribution in [2.45, 2.75) is 5.16 Å². The Balaban J connectivity index is 1.49. The van der Waals surface area contributed by atoms with Crippen LogP contribution in [0.15, 0.2) is 59.9 Å². The van der Waals surface area contributed by atoms with Gasteiger partial charge in [-0.05, 0) is 54.8 Å². The summed E-state index contributed by atoms with van der Waals surface area (Å²) in [5.41, 5.74) is 1.45. The smallest absolute Gasteiger partial charge is 0.272 e. The van der Waals surface area contributed by atoms with Crippen LogP contribution in [0.25, 0.3) is 5.69 Å². The molecule has 160 valence electrons. The van der Waals surface area contributed by atoms with Gasteiger partial charge in [0.2, 0.25) is 0 Å². The molecule has 0 radical (unpaired) electrons. The Morgan fingerprint density at radius 2 is 1.35 bits per heavy atom. The predicted octanol–water partition coefficient (Wildman–Crippen LogP) is 3.47. The molecule has 2 heterocycles. The Hall–Kier alpha value is -3.20. The maximum atomic E-state index is 13.3. The SMILES string of the molecule is CSc1ncc(C(=O)N2CCN(C(=O)c3ccc(F)cc3)CC2)n1-c1ccc(F)cc1. The molecular weight excluding hydrogens is 422 g/mol. The molecule has 0 N–H and O–H groups in total. The monoisotopic (exact) mass is 442 g/mol. The van der Waals surface area contributed by atoms with Crippen molar-refractivity contribution in [3.63, 3.8) is 0 Å². The highest BCUT2D eigenvalue weighted by Crippen LogP contribution is 2.23. The second-order valence-corrected chi connectivity index (χ2v) is 7.81. The Labute approximate surface area is 182 Å². The zero-order valence-electron chi connectivity index (χ0n) is 16.8. The fourth-order valence-corrected chi connectivity index (χ4v) is 4.06. The molecule has 0 unspecified atom stereocenters. The van der Waals surface area contributed by atoms with E-state index in [9.17, 15) is 18.4 Å². The van der Waals surface area contributed by atoms with Gasteiger partial charge in [-0.15, -0.1) is 0 Å². The Morgan fingerprint density at radius 1 is 0.839 bits per heavy atom. The van der Waals surface area contributed by atoms with E-state index in [1.54, 1.807) is 26.5 Å². The van der Waals surface area contributed by atoms with Crippen LogP contribution < -0.4 is 0 Å². The molecule has 0 aliphatic carbocycles. The van der Waals surface area contributed by atoms with Gasteiger partial charge in [-0.1, -0.05) is 11.8 Å². The first-order chi connectivity index (χ1) is 15.0. The maximum Gasteiger partial charge on any atom is 0.272 e. The maximum absolute atomic E-state index is 13.3. The molecule has 1 saturated heterocycles. The van der Waals surface area contributed by atoms with E-state index < -0.39 is 5.82 Å². The number of rotatable bonds is 4. The molecule has 0 saturated carbocycles. The second-order valence-electron chi connectivity index (χ2n) is 7.03. The number of carbonyl (C=O) groups is 2. The molecule has 2 amide bonds. The number of hydrogen-bond acceptors (Lipinski definition) is 4. The molecule has 0 atom stereocenters. The highest BCUT2D eigenvalue weighted by molar-refractivity contribution is 7.98. The lowest BCUT2D eigenvalue weighted by molar-refractivity contribution is 0.0530. The number of halogens is 2. The Morgan fingerprint density at radius 3 is 1.90 bits per heavy atom. The molecule has 1 aliphatic rings. The topological polar surface area (TPSA) is 58.4 Å². The van der Waals surface area contributed by atoms with Gasteiger partial charge >= 0.3 is 0 Å². The van der Waals surface area contributed by atoms with Crippen molar-refractivity contribution in [2.24, 2.45) is 0 Å². The first-order valence-corrected chi connectivity index (χ1v) is 10.9. The van der Waals surface area contributed by atoms with Crippen LogP contribution in [0.5, 0.6) is 0 Å². The summed E-state index contributed by atoms with van der Waals surface area (Å²) in [4.78, 5) is 33.5. The highest BCUT2D eigenvalue weighted by Gasteiger charge is 2.28. The lowest BCUT2D eigenvalue weighted by Crippen LogP contribution is -2.50. The van der Waals surface area contributed by atoms with E-state index in [0.717, 1.165) is 0 Å². The van der Waals surface area contributed by atoms with Crippen LogP contribution in [0, 0.1) is 11.6 Å². The molecule has 1 fully saturated rings. The fourth-order valence-electron chi connectivity index (χ4n) is 3.52. The summed E-state index contributed by atoms with van der Waals surface area (Å²) in [6, 6.07) is 11.3. The lowest BCUT2D eigenvalue weighted by Gasteiger charge is -2.34. The average Bonchev–Trinajstić information content (AvgIpc) is 3.23. The molecule has 1 aromatic heterocycles. The largest absolute Gasteiger partial charge is 0.335 e. The summed E-state index contributed by atoms with van der Waals surface area (Å²) in [7, 11) is 0. The van der Waals surface area contributed by atoms with Crippen LogP contribution in [0.1, 0.15) is 20.8 Å². The van der Waals surface area contributed by atoms with Crippen molar-refractivity contribution in [3.05, 3.63) is 77.6 Å². The van der Waals surface area contributed by atoms with E-state index in [0.29, 0.717) is 48.3 Å². The minimum atomic E-state index is -0.394. The number of nitrogens with zero attached hydrogens (tertiary/aromatic N) is 4. The van der Waals surface area contributed by atoms with Crippen LogP contribution in [0.3, 0.4) is 0 Å². The van der Waals surface area contributed by atoms with E-state index in [-0.39, 0.29) is 17.6 Å². The summed E-state index contributed by atoms with van der Waals surface area (Å²) >= 11 is 1.39. The zero-order valence-corrected chi connectivity index (χ0v) is 17.6. The van der Waals surface area contributed by atoms with Crippen molar-refractivity contribution in [1.82, 2.24) is 19.4 Å². The summed E-state index contributed by atoms with van der Waals surface area (Å²) in [6.07, 6.45) is 3.38. The first kappa shape index (κ1) is 21.0. The summed E-state index contributed by atoms with van der Waals surface area (Å²) in [5, 5.41) is 0.625. The Bertz CT molecular complexity index is 1090. The molecule has 31 heavy (non-hydrogen) atoms. The normalized spacial score (nSPS) is 14.0. The predicted molar refractivity (Wildman–Crippen MR) is 114 cm³/mol. The standard InChI is InChI=1S/C22H20F2N4O2S/c1-31-22-25-14-19(28(22)18-8-6-17(24)7-9-18)21(30)27-12-10-26(11-13-27)20(29)15-2-4-16(23)5-3-15/h2-9,14H,10-13H2,1H3. The van der Waals surface area contributed by atoms with Gasteiger partial charge < -0.3 is 9.80 Å². The number of hydrogen-bond donors (Lipinski definition) is 0. The lowest BCUT2D eigenvalue weighted by atomic mass is 10.1. The molecule has 2 aromatic carbocycles. The molecular formula is C22H20F2N4O2S. The van der Waals surface area contributed by atoms with Gasteiger partial charge in [-0.3, -0.25) is 14.2 Å². The minimum absolute atomic E-state index is 0.187. The van der Waals surface area contributed by atoms with Crippen molar-refractivity contribution in [3.8, 4) is 5.69 Å². The van der Waals surface area contributed by atoms with Gasteiger partial charge in [0.1, 0.15) is 17.3 Å². The van der Waals surface area contributed by atoms with Crippen molar-refractivity contribution in [1.29, 1.82) is 0 Å². The Kier molecular flexibility index (Phi) is 6.03. The number of amides is 2. The summed E-state index contributed by atoms with van der Waals surface area (Å²) in [6.45, 7) is 1.49. The number of carbonyl (C=O) groups excluding carboxylic acids is 2. The summed E-state index contributed by atoms with van der Waals surface area (Å²) in [5.74, 6) is -1.14. The van der Waals surface area contributed by atoms with Crippen molar-refractivity contribution in [2.75, 3.05) is 32.4 Å². The minimum Gasteiger partial charge on any atom is -0.335 e. The van der Waals surface area contributed by atoms with Crippen LogP contribution in [-0.4, -0.2) is 63.6 Å². The van der Waals surface area contributed by atoms with Gasteiger partial charge in [0.25, 0.3) is 11.8 Å². The van der Waals surface area contributed by atoms with Gasteiger partial charge in [0.05, 0.1) is 6.20 Å². The molecule has 4 rings (SSSR count). The van der Waals surface area contributed by atoms with Gasteiger partial charge in [0.15, 0.2) is 5.16 Å². The van der Waals surface area contributed by atoms with E-state index in [4.69, 9.17) is 0 Å². The highest BCUT2D eigenvalue weighted by atomic mass is 32.2. The third kappa shape index (κ3) is 4.32. The van der Waals surface area contributed by atoms with Gasteiger partial charge in [0, 0.05) is 37.4 Å². The molecule has 0 bridgehead atoms. The number of piperazine rings is 1. The van der Waals surface area contributed by atoms with E-state index in [1.165, 1.54) is 54.4 Å². The van der Waals surface area contributed by atoms with E-state index in [1.807, 2.05) is 6.26 Å². The van der Waals surface area contributed by atoms with Gasteiger partial charge in [-0.2, -0.15) is 0 Å². The number of thioether (sulfide) groups is 1. The average molecular weight is 442 g/mol. The molecule has 1 aliphatic heterocycles. The first-order valence-electron chi connectivity index (χ1n) is 9.69. The molecule has 0 spiro atoms. The molecule has 3 aromatic rings. The quantitative estimate of drug-likeness (QED) is 0.581. The van der Waals surface area contributed by atoms with E-state index >= 15 is 0 Å². The number of aromatic nitrogens is 2. The third-order valence-corrected chi connectivity index (χ3v) is 5.81. The van der Waals surface area contributed by atoms with Crippen molar-refractivity contribution < 1.29 is 18.4 Å². The third-order valence-electron chi connectivity index (χ3n) is 5.16. The zero-order chi connectivity index (χ0) is 22.0. The van der Waals surface area contributed by atoms with Crippen LogP contribution in [0.2, 0.25) is 0 Å². The fraction of sp³-hybridized carbons (Fsp3) is 0.227. The van der Waals surface area contributed by atoms with Crippen molar-refractivity contribution >= 4 is 23.6 Å². The van der Waals surface area contributed by atoms with Crippen LogP contribution in [-0.2, 0) is 0 Å². The second kappa shape index (κ2) is 8.89. The number of imidazole rings is 1. The van der Waals surface area contributed by atoms with Gasteiger partial charge in [-0.25, -0.2) is 13.8 Å². The molecule has 6 nitrogen and oxygen atoms in total. The summed E-state index contributed by atoms with van der Waals surface area (Å²) < 4.78 is 28.2.